The van der Waals surface area contributed by atoms with E-state index in [4.69, 9.17) is 28.4 Å². The van der Waals surface area contributed by atoms with E-state index in [1.54, 1.807) is 24.3 Å². The number of methoxy groups -OCH3 is 3. The number of carbonyl (C=O) groups is 4. The third kappa shape index (κ3) is 7.78. The molecular formula is C28H36N2O10. The van der Waals surface area contributed by atoms with Crippen molar-refractivity contribution >= 4 is 23.9 Å². The molecule has 2 aromatic carbocycles. The molecule has 2 unspecified atom stereocenters. The Morgan fingerprint density at radius 3 is 2.05 bits per heavy atom. The SMILES string of the molecule is CCC(COC(=O)c1cc(OC)c(OC)c(OC)c1)(c1ccccc1)N(C)C(=O)OC(C)OC(=O)CNC(C)=O. The van der Waals surface area contributed by atoms with Gasteiger partial charge in [0.25, 0.3) is 0 Å². The highest BCUT2D eigenvalue weighted by molar-refractivity contribution is 5.91. The summed E-state index contributed by atoms with van der Waals surface area (Å²) in [4.78, 5) is 50.6. The number of nitrogens with one attached hydrogen (secondary N) is 1. The average Bonchev–Trinajstić information content (AvgIpc) is 2.95. The molecule has 40 heavy (non-hydrogen) atoms. The highest BCUT2D eigenvalue weighted by Crippen LogP contribution is 2.39. The molecule has 0 aromatic heterocycles. The number of rotatable bonds is 13. The van der Waals surface area contributed by atoms with Crippen LogP contribution in [0.4, 0.5) is 4.79 Å². The van der Waals surface area contributed by atoms with Crippen LogP contribution in [0, 0.1) is 0 Å². The van der Waals surface area contributed by atoms with Crippen molar-refractivity contribution in [2.75, 3.05) is 41.5 Å². The average molecular weight is 561 g/mol. The van der Waals surface area contributed by atoms with Crippen molar-refractivity contribution in [3.8, 4) is 17.2 Å². The normalized spacial score (nSPS) is 12.7. The van der Waals surface area contributed by atoms with Gasteiger partial charge < -0.3 is 33.7 Å². The molecule has 0 bridgehead atoms. The molecule has 0 radical (unpaired) electrons. The Balaban J connectivity index is 2.29. The smallest absolute Gasteiger partial charge is 0.413 e. The van der Waals surface area contributed by atoms with Gasteiger partial charge in [0.15, 0.2) is 11.5 Å². The number of nitrogens with zero attached hydrogens (tertiary/aromatic N) is 1. The Labute approximate surface area is 233 Å². The second kappa shape index (κ2) is 14.6. The van der Waals surface area contributed by atoms with E-state index in [-0.39, 0.29) is 30.2 Å². The van der Waals surface area contributed by atoms with Crippen LogP contribution in [0.15, 0.2) is 42.5 Å². The lowest BCUT2D eigenvalue weighted by atomic mass is 9.86. The molecule has 0 aliphatic rings. The molecule has 2 aromatic rings. The van der Waals surface area contributed by atoms with Gasteiger partial charge in [0, 0.05) is 20.9 Å². The maximum atomic E-state index is 13.2. The summed E-state index contributed by atoms with van der Waals surface area (Å²) < 4.78 is 32.1. The largest absolute Gasteiger partial charge is 0.493 e. The molecule has 0 saturated carbocycles. The van der Waals surface area contributed by atoms with Gasteiger partial charge in [0.05, 0.1) is 26.9 Å². The predicted molar refractivity (Wildman–Crippen MR) is 143 cm³/mol. The number of carbonyl (C=O) groups excluding carboxylic acids is 4. The van der Waals surface area contributed by atoms with Gasteiger partial charge in [-0.25, -0.2) is 9.59 Å². The fourth-order valence-corrected chi connectivity index (χ4v) is 3.98. The zero-order valence-electron chi connectivity index (χ0n) is 23.8. The summed E-state index contributed by atoms with van der Waals surface area (Å²) in [6.07, 6.45) is -1.74. The van der Waals surface area contributed by atoms with Gasteiger partial charge in [0.2, 0.25) is 17.9 Å². The molecule has 218 valence electrons. The van der Waals surface area contributed by atoms with Gasteiger partial charge in [-0.3, -0.25) is 14.5 Å². The quantitative estimate of drug-likeness (QED) is 0.287. The molecule has 1 N–H and O–H groups in total. The molecule has 0 spiro atoms. The molecule has 2 atom stereocenters. The second-order valence-corrected chi connectivity index (χ2v) is 8.65. The first-order chi connectivity index (χ1) is 19.0. The molecule has 12 nitrogen and oxygen atoms in total. The fourth-order valence-electron chi connectivity index (χ4n) is 3.98. The predicted octanol–water partition coefficient (Wildman–Crippen LogP) is 3.27. The summed E-state index contributed by atoms with van der Waals surface area (Å²) in [6.45, 7) is 3.87. The lowest BCUT2D eigenvalue weighted by Crippen LogP contribution is -2.51. The zero-order valence-corrected chi connectivity index (χ0v) is 23.8. The summed E-state index contributed by atoms with van der Waals surface area (Å²) >= 11 is 0. The van der Waals surface area contributed by atoms with Crippen LogP contribution >= 0.6 is 0 Å². The van der Waals surface area contributed by atoms with E-state index in [0.29, 0.717) is 17.7 Å². The maximum Gasteiger partial charge on any atom is 0.413 e. The van der Waals surface area contributed by atoms with Gasteiger partial charge in [0.1, 0.15) is 18.7 Å². The summed E-state index contributed by atoms with van der Waals surface area (Å²) in [6, 6.07) is 12.0. The van der Waals surface area contributed by atoms with Gasteiger partial charge in [-0.05, 0) is 24.1 Å². The lowest BCUT2D eigenvalue weighted by Gasteiger charge is -2.40. The Kier molecular flexibility index (Phi) is 11.6. The highest BCUT2D eigenvalue weighted by atomic mass is 16.7. The van der Waals surface area contributed by atoms with E-state index >= 15 is 0 Å². The van der Waals surface area contributed by atoms with E-state index < -0.39 is 35.8 Å². The Hall–Kier alpha value is -4.48. The first-order valence-electron chi connectivity index (χ1n) is 12.4. The van der Waals surface area contributed by atoms with Crippen molar-refractivity contribution in [3.63, 3.8) is 0 Å². The van der Waals surface area contributed by atoms with Crippen LogP contribution in [0.1, 0.15) is 43.1 Å². The third-order valence-electron chi connectivity index (χ3n) is 6.20. The number of benzene rings is 2. The van der Waals surface area contributed by atoms with Gasteiger partial charge >= 0.3 is 18.0 Å². The zero-order chi connectivity index (χ0) is 29.9. The molecular weight excluding hydrogens is 524 g/mol. The minimum absolute atomic E-state index is 0.150. The summed E-state index contributed by atoms with van der Waals surface area (Å²) in [5.74, 6) is -0.985. The standard InChI is InChI=1S/C28H36N2O10/c1-8-28(21-12-10-9-11-13-21,30(4)27(34)40-19(3)39-24(32)16-29-18(2)31)17-38-26(33)20-14-22(35-5)25(37-7)23(15-20)36-6/h9-15,19H,8,16-17H2,1-7H3,(H,29,31). The molecule has 2 rings (SSSR count). The van der Waals surface area contributed by atoms with Gasteiger partial charge in [-0.15, -0.1) is 0 Å². The molecule has 0 aliphatic heterocycles. The fraction of sp³-hybridized carbons (Fsp3) is 0.429. The van der Waals surface area contributed by atoms with Gasteiger partial charge in [-0.2, -0.15) is 0 Å². The van der Waals surface area contributed by atoms with E-state index in [0.717, 1.165) is 0 Å². The number of hydrogen-bond acceptors (Lipinski definition) is 10. The topological polar surface area (TPSA) is 139 Å². The minimum Gasteiger partial charge on any atom is -0.493 e. The van der Waals surface area contributed by atoms with Gasteiger partial charge in [-0.1, -0.05) is 37.3 Å². The molecule has 2 amide bonds. The Morgan fingerprint density at radius 1 is 0.950 bits per heavy atom. The van der Waals surface area contributed by atoms with Crippen LogP contribution in [0.2, 0.25) is 0 Å². The summed E-state index contributed by atoms with van der Waals surface area (Å²) in [5.41, 5.74) is -0.309. The highest BCUT2D eigenvalue weighted by Gasteiger charge is 2.41. The van der Waals surface area contributed by atoms with Crippen LogP contribution in [0.5, 0.6) is 17.2 Å². The lowest BCUT2D eigenvalue weighted by molar-refractivity contribution is -0.166. The number of esters is 2. The van der Waals surface area contributed by atoms with E-state index in [1.165, 1.54) is 59.3 Å². The maximum absolute atomic E-state index is 13.2. The molecule has 12 heteroatoms. The number of ether oxygens (including phenoxy) is 6. The monoisotopic (exact) mass is 560 g/mol. The molecule has 0 heterocycles. The Bertz CT molecular complexity index is 1160. The van der Waals surface area contributed by atoms with Crippen molar-refractivity contribution in [2.24, 2.45) is 0 Å². The van der Waals surface area contributed by atoms with Crippen LogP contribution in [-0.2, 0) is 29.3 Å². The van der Waals surface area contributed by atoms with E-state index in [9.17, 15) is 19.2 Å². The van der Waals surface area contributed by atoms with Crippen molar-refractivity contribution in [3.05, 3.63) is 53.6 Å². The molecule has 0 aliphatic carbocycles. The summed E-state index contributed by atoms with van der Waals surface area (Å²) in [7, 11) is 5.82. The number of likely N-dealkylation sites (N-methyl/N-ethyl adjacent to an activating group) is 1. The first kappa shape index (κ1) is 31.7. The molecule has 0 fully saturated rings. The van der Waals surface area contributed by atoms with Crippen LogP contribution in [0.3, 0.4) is 0 Å². The van der Waals surface area contributed by atoms with E-state index in [1.807, 2.05) is 13.0 Å². The number of amides is 2. The second-order valence-electron chi connectivity index (χ2n) is 8.65. The summed E-state index contributed by atoms with van der Waals surface area (Å²) in [5, 5.41) is 2.31. The van der Waals surface area contributed by atoms with Crippen molar-refractivity contribution < 1.29 is 47.6 Å². The van der Waals surface area contributed by atoms with Crippen molar-refractivity contribution in [2.45, 2.75) is 39.0 Å². The third-order valence-corrected chi connectivity index (χ3v) is 6.20. The Morgan fingerprint density at radius 2 is 1.55 bits per heavy atom. The van der Waals surface area contributed by atoms with Crippen LogP contribution in [-0.4, -0.2) is 76.7 Å². The molecule has 0 saturated heterocycles. The van der Waals surface area contributed by atoms with Crippen LogP contribution in [0.25, 0.3) is 0 Å². The minimum atomic E-state index is -1.25. The van der Waals surface area contributed by atoms with Crippen molar-refractivity contribution in [1.29, 1.82) is 0 Å². The van der Waals surface area contributed by atoms with Crippen LogP contribution < -0.4 is 19.5 Å². The van der Waals surface area contributed by atoms with Crippen molar-refractivity contribution in [1.82, 2.24) is 10.2 Å². The van der Waals surface area contributed by atoms with E-state index in [2.05, 4.69) is 5.32 Å². The number of hydrogen-bond donors (Lipinski definition) is 1. The first-order valence-corrected chi connectivity index (χ1v) is 12.4.